The van der Waals surface area contributed by atoms with Crippen LogP contribution in [0.2, 0.25) is 0 Å². The molecule has 1 heterocycles. The van der Waals surface area contributed by atoms with Gasteiger partial charge in [-0.15, -0.1) is 0 Å². The fraction of sp³-hybridized carbons (Fsp3) is 0.909. The molecule has 4 heteroatoms. The van der Waals surface area contributed by atoms with Crippen molar-refractivity contribution in [1.29, 1.82) is 0 Å². The molecule has 0 bridgehead atoms. The molecule has 0 unspecified atom stereocenters. The van der Waals surface area contributed by atoms with Crippen LogP contribution in [0, 0.1) is 5.41 Å². The van der Waals surface area contributed by atoms with Crippen molar-refractivity contribution in [2.45, 2.75) is 39.7 Å². The number of hydrogen-bond donors (Lipinski definition) is 2. The highest BCUT2D eigenvalue weighted by Gasteiger charge is 2.27. The maximum absolute atomic E-state index is 11.3. The van der Waals surface area contributed by atoms with E-state index in [1.165, 1.54) is 0 Å². The summed E-state index contributed by atoms with van der Waals surface area (Å²) in [4.78, 5) is 11.3. The molecule has 0 saturated carbocycles. The summed E-state index contributed by atoms with van der Waals surface area (Å²) in [5, 5.41) is 6.15. The Morgan fingerprint density at radius 3 is 2.60 bits per heavy atom. The highest BCUT2D eigenvalue weighted by atomic mass is 16.6. The average molecular weight is 214 g/mol. The lowest BCUT2D eigenvalue weighted by atomic mass is 9.81. The van der Waals surface area contributed by atoms with E-state index in [1.807, 2.05) is 13.8 Å². The molecule has 1 fully saturated rings. The molecule has 0 aromatic heterocycles. The Bertz CT molecular complexity index is 211. The van der Waals surface area contributed by atoms with E-state index in [2.05, 4.69) is 17.6 Å². The van der Waals surface area contributed by atoms with Crippen molar-refractivity contribution in [3.05, 3.63) is 0 Å². The minimum absolute atomic E-state index is 0.0502. The van der Waals surface area contributed by atoms with E-state index in [0.717, 1.165) is 25.9 Å². The van der Waals surface area contributed by atoms with Gasteiger partial charge < -0.3 is 15.4 Å². The first-order valence-corrected chi connectivity index (χ1v) is 5.67. The van der Waals surface area contributed by atoms with E-state index in [-0.39, 0.29) is 17.6 Å². The molecule has 0 atom stereocenters. The van der Waals surface area contributed by atoms with Crippen molar-refractivity contribution in [2.24, 2.45) is 5.41 Å². The van der Waals surface area contributed by atoms with E-state index < -0.39 is 0 Å². The van der Waals surface area contributed by atoms with E-state index in [1.54, 1.807) is 0 Å². The number of ether oxygens (including phenoxy) is 1. The monoisotopic (exact) mass is 214 g/mol. The standard InChI is InChI=1S/C11H22N2O2/c1-9(2)15-10(14)13-8-11(3)4-6-12-7-5-11/h9,12H,4-8H2,1-3H3,(H,13,14). The molecule has 0 aromatic rings. The Balaban J connectivity index is 2.25. The maximum Gasteiger partial charge on any atom is 0.407 e. The number of amides is 1. The number of carbonyl (C=O) groups excluding carboxylic acids is 1. The van der Waals surface area contributed by atoms with Gasteiger partial charge >= 0.3 is 6.09 Å². The summed E-state index contributed by atoms with van der Waals surface area (Å²) in [6.07, 6.45) is 1.86. The predicted molar refractivity (Wildman–Crippen MR) is 59.8 cm³/mol. The zero-order chi connectivity index (χ0) is 11.3. The lowest BCUT2D eigenvalue weighted by Gasteiger charge is -2.34. The van der Waals surface area contributed by atoms with Crippen LogP contribution in [0.5, 0.6) is 0 Å². The molecule has 1 aliphatic heterocycles. The lowest BCUT2D eigenvalue weighted by molar-refractivity contribution is 0.108. The third-order valence-corrected chi connectivity index (χ3v) is 2.81. The lowest BCUT2D eigenvalue weighted by Crippen LogP contribution is -2.43. The zero-order valence-electron chi connectivity index (χ0n) is 9.93. The second-order valence-corrected chi connectivity index (χ2v) is 4.87. The Hall–Kier alpha value is -0.770. The topological polar surface area (TPSA) is 50.4 Å². The summed E-state index contributed by atoms with van der Waals surface area (Å²) >= 11 is 0. The second-order valence-electron chi connectivity index (χ2n) is 4.87. The predicted octanol–water partition coefficient (Wildman–Crippen LogP) is 1.51. The zero-order valence-corrected chi connectivity index (χ0v) is 9.93. The van der Waals surface area contributed by atoms with Gasteiger partial charge in [-0.25, -0.2) is 4.79 Å². The SMILES string of the molecule is CC(C)OC(=O)NCC1(C)CCNCC1. The molecule has 1 saturated heterocycles. The molecule has 15 heavy (non-hydrogen) atoms. The first kappa shape index (κ1) is 12.3. The average Bonchev–Trinajstić information content (AvgIpc) is 2.15. The van der Waals surface area contributed by atoms with Crippen LogP contribution in [0.15, 0.2) is 0 Å². The Morgan fingerprint density at radius 2 is 2.07 bits per heavy atom. The van der Waals surface area contributed by atoms with Crippen LogP contribution in [-0.4, -0.2) is 31.8 Å². The summed E-state index contributed by atoms with van der Waals surface area (Å²) in [6.45, 7) is 8.70. The Morgan fingerprint density at radius 1 is 1.47 bits per heavy atom. The summed E-state index contributed by atoms with van der Waals surface area (Å²) < 4.78 is 5.02. The van der Waals surface area contributed by atoms with E-state index in [4.69, 9.17) is 4.74 Å². The number of piperidine rings is 1. The van der Waals surface area contributed by atoms with Gasteiger partial charge in [0.25, 0.3) is 0 Å². The van der Waals surface area contributed by atoms with Crippen molar-refractivity contribution in [3.8, 4) is 0 Å². The van der Waals surface area contributed by atoms with Crippen LogP contribution >= 0.6 is 0 Å². The number of hydrogen-bond acceptors (Lipinski definition) is 3. The van der Waals surface area contributed by atoms with Gasteiger partial charge in [0.2, 0.25) is 0 Å². The van der Waals surface area contributed by atoms with Crippen LogP contribution in [-0.2, 0) is 4.74 Å². The van der Waals surface area contributed by atoms with Gasteiger partial charge in [-0.2, -0.15) is 0 Å². The van der Waals surface area contributed by atoms with Crippen LogP contribution in [0.25, 0.3) is 0 Å². The third-order valence-electron chi connectivity index (χ3n) is 2.81. The molecule has 1 rings (SSSR count). The fourth-order valence-corrected chi connectivity index (χ4v) is 1.75. The molecule has 0 radical (unpaired) electrons. The van der Waals surface area contributed by atoms with Gasteiger partial charge in [0.05, 0.1) is 6.10 Å². The first-order chi connectivity index (χ1) is 7.02. The quantitative estimate of drug-likeness (QED) is 0.748. The molecule has 88 valence electrons. The number of carbonyl (C=O) groups is 1. The molecule has 1 aliphatic rings. The molecule has 4 nitrogen and oxygen atoms in total. The Kier molecular flexibility index (Phi) is 4.39. The molecule has 0 spiro atoms. The summed E-state index contributed by atoms with van der Waals surface area (Å²) in [5.41, 5.74) is 0.223. The van der Waals surface area contributed by atoms with Crippen molar-refractivity contribution >= 4 is 6.09 Å². The first-order valence-electron chi connectivity index (χ1n) is 5.67. The minimum Gasteiger partial charge on any atom is -0.447 e. The molecular formula is C11H22N2O2. The van der Waals surface area contributed by atoms with E-state index >= 15 is 0 Å². The fourth-order valence-electron chi connectivity index (χ4n) is 1.75. The molecule has 1 amide bonds. The van der Waals surface area contributed by atoms with Crippen molar-refractivity contribution in [1.82, 2.24) is 10.6 Å². The van der Waals surface area contributed by atoms with Crippen molar-refractivity contribution in [2.75, 3.05) is 19.6 Å². The van der Waals surface area contributed by atoms with Crippen LogP contribution in [0.4, 0.5) is 4.79 Å². The molecular weight excluding hydrogens is 192 g/mol. The smallest absolute Gasteiger partial charge is 0.407 e. The Labute approximate surface area is 91.8 Å². The van der Waals surface area contributed by atoms with E-state index in [0.29, 0.717) is 6.54 Å². The van der Waals surface area contributed by atoms with Gasteiger partial charge in [0.15, 0.2) is 0 Å². The highest BCUT2D eigenvalue weighted by Crippen LogP contribution is 2.26. The number of nitrogens with one attached hydrogen (secondary N) is 2. The number of alkyl carbamates (subject to hydrolysis) is 1. The van der Waals surface area contributed by atoms with Crippen molar-refractivity contribution < 1.29 is 9.53 Å². The van der Waals surface area contributed by atoms with Crippen LogP contribution < -0.4 is 10.6 Å². The summed E-state index contributed by atoms with van der Waals surface area (Å²) in [5.74, 6) is 0. The van der Waals surface area contributed by atoms with E-state index in [9.17, 15) is 4.79 Å². The van der Waals surface area contributed by atoms with Gasteiger partial charge in [-0.3, -0.25) is 0 Å². The summed E-state index contributed by atoms with van der Waals surface area (Å²) in [7, 11) is 0. The summed E-state index contributed by atoms with van der Waals surface area (Å²) in [6, 6.07) is 0. The molecule has 0 aliphatic carbocycles. The third kappa shape index (κ3) is 4.51. The minimum atomic E-state index is -0.301. The van der Waals surface area contributed by atoms with Gasteiger partial charge in [-0.05, 0) is 45.2 Å². The number of rotatable bonds is 3. The normalized spacial score (nSPS) is 20.0. The molecule has 0 aromatic carbocycles. The van der Waals surface area contributed by atoms with Crippen molar-refractivity contribution in [3.63, 3.8) is 0 Å². The van der Waals surface area contributed by atoms with Gasteiger partial charge in [0.1, 0.15) is 0 Å². The second kappa shape index (κ2) is 5.35. The highest BCUT2D eigenvalue weighted by molar-refractivity contribution is 5.67. The van der Waals surface area contributed by atoms with Crippen LogP contribution in [0.3, 0.4) is 0 Å². The largest absolute Gasteiger partial charge is 0.447 e. The van der Waals surface area contributed by atoms with Crippen LogP contribution in [0.1, 0.15) is 33.6 Å². The maximum atomic E-state index is 11.3. The molecule has 2 N–H and O–H groups in total. The van der Waals surface area contributed by atoms with Gasteiger partial charge in [-0.1, -0.05) is 6.92 Å². The van der Waals surface area contributed by atoms with Gasteiger partial charge in [0, 0.05) is 6.54 Å².